The Morgan fingerprint density at radius 3 is 2.59 bits per heavy atom. The van der Waals surface area contributed by atoms with Crippen molar-refractivity contribution in [3.63, 3.8) is 0 Å². The van der Waals surface area contributed by atoms with Crippen LogP contribution in [0, 0.1) is 0 Å². The Bertz CT molecular complexity index is 635. The normalized spacial score (nSPS) is 10.5. The van der Waals surface area contributed by atoms with Crippen LogP contribution < -0.4 is 0 Å². The number of carbonyl (C=O) groups is 1. The van der Waals surface area contributed by atoms with E-state index in [2.05, 4.69) is 4.98 Å². The molecule has 4 nitrogen and oxygen atoms in total. The maximum atomic E-state index is 12.7. The smallest absolute Gasteiger partial charge is 0.255 e. The van der Waals surface area contributed by atoms with Crippen molar-refractivity contribution in [1.29, 1.82) is 0 Å². The van der Waals surface area contributed by atoms with Gasteiger partial charge in [-0.05, 0) is 35.9 Å². The Kier molecular flexibility index (Phi) is 6.19. The molecular weight excluding hydrogens is 323 g/mol. The van der Waals surface area contributed by atoms with Crippen LogP contribution in [-0.2, 0) is 11.3 Å². The third-order valence-corrected chi connectivity index (χ3v) is 3.68. The highest BCUT2D eigenvalue weighted by atomic mass is 35.5. The Morgan fingerprint density at radius 2 is 1.95 bits per heavy atom. The zero-order chi connectivity index (χ0) is 15.9. The minimum absolute atomic E-state index is 0.157. The van der Waals surface area contributed by atoms with Gasteiger partial charge in [-0.25, -0.2) is 0 Å². The fraction of sp³-hybridized carbons (Fsp3) is 0.250. The molecule has 0 aliphatic carbocycles. The second kappa shape index (κ2) is 8.13. The molecule has 0 saturated heterocycles. The zero-order valence-corrected chi connectivity index (χ0v) is 13.6. The van der Waals surface area contributed by atoms with Gasteiger partial charge >= 0.3 is 0 Å². The highest BCUT2D eigenvalue weighted by molar-refractivity contribution is 6.36. The fourth-order valence-electron chi connectivity index (χ4n) is 2.00. The van der Waals surface area contributed by atoms with E-state index in [1.54, 1.807) is 42.6 Å². The van der Waals surface area contributed by atoms with Crippen molar-refractivity contribution in [3.05, 3.63) is 63.9 Å². The van der Waals surface area contributed by atoms with E-state index in [9.17, 15) is 4.79 Å². The first-order valence-electron chi connectivity index (χ1n) is 6.74. The lowest BCUT2D eigenvalue weighted by molar-refractivity contribution is 0.0680. The molecular formula is C16H16Cl2N2O2. The molecule has 0 bridgehead atoms. The molecule has 0 N–H and O–H groups in total. The van der Waals surface area contributed by atoms with Gasteiger partial charge in [0.15, 0.2) is 0 Å². The van der Waals surface area contributed by atoms with E-state index in [-0.39, 0.29) is 5.91 Å². The number of amides is 1. The summed E-state index contributed by atoms with van der Waals surface area (Å²) in [6.07, 6.45) is 3.40. The topological polar surface area (TPSA) is 42.4 Å². The van der Waals surface area contributed by atoms with E-state index in [1.807, 2.05) is 12.1 Å². The highest BCUT2D eigenvalue weighted by Gasteiger charge is 2.18. The van der Waals surface area contributed by atoms with Crippen molar-refractivity contribution in [2.75, 3.05) is 20.3 Å². The first kappa shape index (κ1) is 16.7. The third kappa shape index (κ3) is 4.44. The summed E-state index contributed by atoms with van der Waals surface area (Å²) in [5.41, 5.74) is 1.42. The van der Waals surface area contributed by atoms with E-state index < -0.39 is 0 Å². The number of pyridine rings is 1. The molecule has 0 fully saturated rings. The second-order valence-corrected chi connectivity index (χ2v) is 5.54. The standard InChI is InChI=1S/C16H16Cl2N2O2/c1-22-9-8-20(11-12-4-6-19-7-5-12)16(21)14-3-2-13(17)10-15(14)18/h2-7,10H,8-9,11H2,1H3. The number of hydrogen-bond donors (Lipinski definition) is 0. The van der Waals surface area contributed by atoms with Crippen LogP contribution in [0.1, 0.15) is 15.9 Å². The van der Waals surface area contributed by atoms with Crippen LogP contribution in [0.3, 0.4) is 0 Å². The maximum Gasteiger partial charge on any atom is 0.255 e. The summed E-state index contributed by atoms with van der Waals surface area (Å²) in [7, 11) is 1.60. The van der Waals surface area contributed by atoms with Gasteiger partial charge in [0.25, 0.3) is 5.91 Å². The lowest BCUT2D eigenvalue weighted by Crippen LogP contribution is -2.33. The van der Waals surface area contributed by atoms with Gasteiger partial charge in [0.1, 0.15) is 0 Å². The number of aromatic nitrogens is 1. The molecule has 0 aliphatic heterocycles. The Balaban J connectivity index is 2.22. The van der Waals surface area contributed by atoms with Gasteiger partial charge in [-0.2, -0.15) is 0 Å². The van der Waals surface area contributed by atoms with Crippen molar-refractivity contribution in [2.24, 2.45) is 0 Å². The summed E-state index contributed by atoms with van der Waals surface area (Å²) in [6, 6.07) is 8.60. The highest BCUT2D eigenvalue weighted by Crippen LogP contribution is 2.23. The minimum Gasteiger partial charge on any atom is -0.383 e. The van der Waals surface area contributed by atoms with Crippen LogP contribution in [0.2, 0.25) is 10.0 Å². The SMILES string of the molecule is COCCN(Cc1ccncc1)C(=O)c1ccc(Cl)cc1Cl. The molecule has 2 aromatic rings. The summed E-state index contributed by atoms with van der Waals surface area (Å²) in [6.45, 7) is 1.38. The maximum absolute atomic E-state index is 12.7. The molecule has 0 atom stereocenters. The number of halogens is 2. The molecule has 0 unspecified atom stereocenters. The van der Waals surface area contributed by atoms with Crippen molar-refractivity contribution in [3.8, 4) is 0 Å². The van der Waals surface area contributed by atoms with Gasteiger partial charge in [0.05, 0.1) is 17.2 Å². The van der Waals surface area contributed by atoms with Gasteiger partial charge in [0.2, 0.25) is 0 Å². The third-order valence-electron chi connectivity index (χ3n) is 3.14. The lowest BCUT2D eigenvalue weighted by Gasteiger charge is -2.23. The lowest BCUT2D eigenvalue weighted by atomic mass is 10.1. The van der Waals surface area contributed by atoms with Crippen LogP contribution in [0.15, 0.2) is 42.7 Å². The zero-order valence-electron chi connectivity index (χ0n) is 12.1. The van der Waals surface area contributed by atoms with Crippen molar-refractivity contribution >= 4 is 29.1 Å². The molecule has 1 amide bonds. The minimum atomic E-state index is -0.157. The largest absolute Gasteiger partial charge is 0.383 e. The second-order valence-electron chi connectivity index (χ2n) is 4.70. The fourth-order valence-corrected chi connectivity index (χ4v) is 2.49. The molecule has 2 rings (SSSR count). The monoisotopic (exact) mass is 338 g/mol. The van der Waals surface area contributed by atoms with E-state index in [0.717, 1.165) is 5.56 Å². The summed E-state index contributed by atoms with van der Waals surface area (Å²) in [5.74, 6) is -0.157. The van der Waals surface area contributed by atoms with E-state index in [1.165, 1.54) is 0 Å². The van der Waals surface area contributed by atoms with Gasteiger partial charge in [-0.3, -0.25) is 9.78 Å². The summed E-state index contributed by atoms with van der Waals surface area (Å²) in [5, 5.41) is 0.841. The number of nitrogens with zero attached hydrogens (tertiary/aromatic N) is 2. The van der Waals surface area contributed by atoms with Gasteiger partial charge < -0.3 is 9.64 Å². The van der Waals surface area contributed by atoms with E-state index >= 15 is 0 Å². The number of rotatable bonds is 6. The quantitative estimate of drug-likeness (QED) is 0.806. The Morgan fingerprint density at radius 1 is 1.23 bits per heavy atom. The molecule has 0 spiro atoms. The van der Waals surface area contributed by atoms with Crippen molar-refractivity contribution in [1.82, 2.24) is 9.88 Å². The molecule has 6 heteroatoms. The van der Waals surface area contributed by atoms with Crippen LogP contribution in [0.25, 0.3) is 0 Å². The van der Waals surface area contributed by atoms with E-state index in [4.69, 9.17) is 27.9 Å². The first-order valence-corrected chi connectivity index (χ1v) is 7.49. The van der Waals surface area contributed by atoms with Crippen molar-refractivity contribution in [2.45, 2.75) is 6.54 Å². The first-order chi connectivity index (χ1) is 10.6. The van der Waals surface area contributed by atoms with Crippen LogP contribution in [0.4, 0.5) is 0 Å². The number of hydrogen-bond acceptors (Lipinski definition) is 3. The summed E-state index contributed by atoms with van der Waals surface area (Å²) >= 11 is 12.0. The van der Waals surface area contributed by atoms with Crippen molar-refractivity contribution < 1.29 is 9.53 Å². The number of carbonyl (C=O) groups excluding carboxylic acids is 1. The predicted octanol–water partition coefficient (Wildman–Crippen LogP) is 3.68. The molecule has 116 valence electrons. The van der Waals surface area contributed by atoms with Gasteiger partial charge in [0, 0.05) is 37.6 Å². The number of methoxy groups -OCH3 is 1. The van der Waals surface area contributed by atoms with Crippen LogP contribution in [0.5, 0.6) is 0 Å². The average molecular weight is 339 g/mol. The average Bonchev–Trinajstić information content (AvgIpc) is 2.52. The molecule has 1 heterocycles. The van der Waals surface area contributed by atoms with E-state index in [0.29, 0.717) is 35.3 Å². The molecule has 1 aromatic heterocycles. The van der Waals surface area contributed by atoms with Crippen LogP contribution in [-0.4, -0.2) is 36.1 Å². The summed E-state index contributed by atoms with van der Waals surface area (Å²) < 4.78 is 5.09. The number of benzene rings is 1. The van der Waals surface area contributed by atoms with Gasteiger partial charge in [-0.15, -0.1) is 0 Å². The molecule has 1 aromatic carbocycles. The Labute approximate surface area is 139 Å². The number of ether oxygens (including phenoxy) is 1. The Hall–Kier alpha value is -1.62. The molecule has 22 heavy (non-hydrogen) atoms. The summed E-state index contributed by atoms with van der Waals surface area (Å²) in [4.78, 5) is 18.4. The predicted molar refractivity (Wildman–Crippen MR) is 87.3 cm³/mol. The van der Waals surface area contributed by atoms with Gasteiger partial charge in [-0.1, -0.05) is 23.2 Å². The molecule has 0 aliphatic rings. The van der Waals surface area contributed by atoms with Crippen LogP contribution >= 0.6 is 23.2 Å². The molecule has 0 saturated carbocycles. The molecule has 0 radical (unpaired) electrons.